The van der Waals surface area contributed by atoms with E-state index in [0.717, 1.165) is 22.3 Å². The van der Waals surface area contributed by atoms with Gasteiger partial charge in [-0.1, -0.05) is 30.3 Å². The van der Waals surface area contributed by atoms with Gasteiger partial charge in [0.05, 0.1) is 17.0 Å². The monoisotopic (exact) mass is 495 g/mol. The molecule has 3 aromatic heterocycles. The third-order valence-corrected chi connectivity index (χ3v) is 6.81. The lowest BCUT2D eigenvalue weighted by Gasteiger charge is -2.46. The van der Waals surface area contributed by atoms with Gasteiger partial charge in [-0.15, -0.1) is 0 Å². The largest absolute Gasteiger partial charge is 0.381 e. The highest BCUT2D eigenvalue weighted by Gasteiger charge is 2.39. The van der Waals surface area contributed by atoms with Crippen LogP contribution in [0.5, 0.6) is 0 Å². The number of carbonyl (C=O) groups excluding carboxylic acids is 1. The van der Waals surface area contributed by atoms with Crippen LogP contribution in [0, 0.1) is 11.3 Å². The van der Waals surface area contributed by atoms with Crippen LogP contribution in [-0.2, 0) is 4.79 Å². The number of nitrogens with zero attached hydrogens (tertiary/aromatic N) is 7. The first kappa shape index (κ1) is 24.4. The Morgan fingerprint density at radius 1 is 1.08 bits per heavy atom. The molecular formula is C28H29N7O2. The maximum Gasteiger partial charge on any atom is 0.254 e. The Balaban J connectivity index is 1.66. The van der Waals surface area contributed by atoms with Crippen LogP contribution in [-0.4, -0.2) is 66.2 Å². The molecule has 5 rings (SSSR count). The molecule has 0 unspecified atom stereocenters. The lowest BCUT2D eigenvalue weighted by molar-refractivity contribution is -0.151. The zero-order valence-electron chi connectivity index (χ0n) is 21.3. The van der Waals surface area contributed by atoms with Gasteiger partial charge in [0, 0.05) is 43.1 Å². The number of hydrogen-bond donors (Lipinski definition) is 1. The van der Waals surface area contributed by atoms with Gasteiger partial charge in [0.2, 0.25) is 0 Å². The quantitative estimate of drug-likeness (QED) is 0.461. The number of fused-ring (bicyclic) bond motifs is 1. The van der Waals surface area contributed by atoms with Crippen LogP contribution in [0.15, 0.2) is 61.2 Å². The van der Waals surface area contributed by atoms with E-state index in [4.69, 9.17) is 4.98 Å². The van der Waals surface area contributed by atoms with Gasteiger partial charge in [-0.05, 0) is 45.4 Å². The summed E-state index contributed by atoms with van der Waals surface area (Å²) in [6.45, 7) is 8.11. The number of aliphatic hydroxyl groups is 1. The molecule has 4 aromatic rings. The first-order valence-corrected chi connectivity index (χ1v) is 12.3. The highest BCUT2D eigenvalue weighted by atomic mass is 16.3. The van der Waals surface area contributed by atoms with Gasteiger partial charge in [-0.25, -0.2) is 15.0 Å². The topological polar surface area (TPSA) is 111 Å². The first-order chi connectivity index (χ1) is 17.7. The van der Waals surface area contributed by atoms with E-state index in [-0.39, 0.29) is 18.0 Å². The van der Waals surface area contributed by atoms with E-state index in [2.05, 4.69) is 27.9 Å². The molecule has 0 bridgehead atoms. The summed E-state index contributed by atoms with van der Waals surface area (Å²) in [6, 6.07) is 15.4. The Bertz CT molecular complexity index is 1500. The number of nitriles is 1. The van der Waals surface area contributed by atoms with Crippen molar-refractivity contribution in [1.29, 1.82) is 5.26 Å². The van der Waals surface area contributed by atoms with Gasteiger partial charge in [0.15, 0.2) is 5.65 Å². The summed E-state index contributed by atoms with van der Waals surface area (Å²) in [5.41, 5.74) is 1.72. The third kappa shape index (κ3) is 4.41. The van der Waals surface area contributed by atoms with Crippen molar-refractivity contribution in [3.8, 4) is 23.0 Å². The van der Waals surface area contributed by atoms with Crippen LogP contribution in [0.3, 0.4) is 0 Å². The summed E-state index contributed by atoms with van der Waals surface area (Å²) in [4.78, 5) is 30.7. The average molecular weight is 496 g/mol. The van der Waals surface area contributed by atoms with Gasteiger partial charge in [0.25, 0.3) is 5.91 Å². The van der Waals surface area contributed by atoms with E-state index in [1.54, 1.807) is 29.6 Å². The van der Waals surface area contributed by atoms with Crippen molar-refractivity contribution in [3.05, 3.63) is 66.7 Å². The van der Waals surface area contributed by atoms with Crippen molar-refractivity contribution >= 4 is 22.8 Å². The van der Waals surface area contributed by atoms with E-state index >= 15 is 0 Å². The van der Waals surface area contributed by atoms with Gasteiger partial charge in [-0.3, -0.25) is 9.36 Å². The number of hydrogen-bond acceptors (Lipinski definition) is 7. The van der Waals surface area contributed by atoms with Crippen molar-refractivity contribution in [2.24, 2.45) is 0 Å². The van der Waals surface area contributed by atoms with Crippen molar-refractivity contribution in [2.75, 3.05) is 18.0 Å². The van der Waals surface area contributed by atoms with Crippen LogP contribution in [0.25, 0.3) is 28.0 Å². The van der Waals surface area contributed by atoms with Crippen molar-refractivity contribution in [3.63, 3.8) is 0 Å². The van der Waals surface area contributed by atoms with Gasteiger partial charge in [-0.2, -0.15) is 5.26 Å². The fraction of sp³-hybridized carbons (Fsp3) is 0.321. The Kier molecular flexibility index (Phi) is 6.13. The van der Waals surface area contributed by atoms with Gasteiger partial charge in [0.1, 0.15) is 23.6 Å². The summed E-state index contributed by atoms with van der Waals surface area (Å²) < 4.78 is 1.89. The van der Waals surface area contributed by atoms with Crippen LogP contribution >= 0.6 is 0 Å². The van der Waals surface area contributed by atoms with Crippen LogP contribution < -0.4 is 4.90 Å². The molecule has 2 atom stereocenters. The SMILES string of the molecule is C[C@@H]1CN(c2ncnc3c2c(-c2ccccc2)cn3-c2cc(C#N)ccn2)[C@@H](C)CN1C(=O)C(C)(C)O. The molecule has 9 nitrogen and oxygen atoms in total. The Morgan fingerprint density at radius 3 is 2.54 bits per heavy atom. The fourth-order valence-electron chi connectivity index (χ4n) is 4.95. The summed E-state index contributed by atoms with van der Waals surface area (Å²) in [5, 5.41) is 20.6. The van der Waals surface area contributed by atoms with E-state index in [0.29, 0.717) is 30.1 Å². The molecule has 1 N–H and O–H groups in total. The Hall–Kier alpha value is -4.29. The molecule has 37 heavy (non-hydrogen) atoms. The van der Waals surface area contributed by atoms with Crippen molar-refractivity contribution in [2.45, 2.75) is 45.4 Å². The molecule has 1 saturated heterocycles. The number of pyridine rings is 1. The number of amides is 1. The average Bonchev–Trinajstić information content (AvgIpc) is 3.29. The smallest absolute Gasteiger partial charge is 0.254 e. The number of benzene rings is 1. The van der Waals surface area contributed by atoms with E-state index < -0.39 is 5.60 Å². The predicted molar refractivity (Wildman–Crippen MR) is 141 cm³/mol. The van der Waals surface area contributed by atoms with Crippen LogP contribution in [0.2, 0.25) is 0 Å². The predicted octanol–water partition coefficient (Wildman–Crippen LogP) is 3.55. The standard InChI is InChI=1S/C28H29N7O2/c1-18-15-34(27(36)28(3,4)37)19(2)14-33(18)25-24-22(21-8-6-5-7-9-21)16-35(26(24)32-17-31-25)23-12-20(13-29)10-11-30-23/h5-12,16-19,37H,14-15H2,1-4H3/t18-,19+/m0/s1. The lowest BCUT2D eigenvalue weighted by atomic mass is 10.0. The molecule has 0 saturated carbocycles. The molecule has 1 aliphatic rings. The molecule has 0 spiro atoms. The number of anilines is 1. The third-order valence-electron chi connectivity index (χ3n) is 6.81. The Labute approximate surface area is 215 Å². The summed E-state index contributed by atoms with van der Waals surface area (Å²) in [7, 11) is 0. The molecule has 0 radical (unpaired) electrons. The minimum absolute atomic E-state index is 0.0485. The molecular weight excluding hydrogens is 466 g/mol. The molecule has 9 heteroatoms. The second-order valence-electron chi connectivity index (χ2n) is 10.1. The van der Waals surface area contributed by atoms with Crippen LogP contribution in [0.1, 0.15) is 33.3 Å². The first-order valence-electron chi connectivity index (χ1n) is 12.3. The second kappa shape index (κ2) is 9.30. The summed E-state index contributed by atoms with van der Waals surface area (Å²) >= 11 is 0. The zero-order valence-corrected chi connectivity index (χ0v) is 21.3. The lowest BCUT2D eigenvalue weighted by Crippen LogP contribution is -2.61. The van der Waals surface area contributed by atoms with Gasteiger partial charge < -0.3 is 14.9 Å². The highest BCUT2D eigenvalue weighted by Crippen LogP contribution is 2.38. The molecule has 4 heterocycles. The molecule has 188 valence electrons. The fourth-order valence-corrected chi connectivity index (χ4v) is 4.95. The summed E-state index contributed by atoms with van der Waals surface area (Å²) in [6.07, 6.45) is 5.15. The van der Waals surface area contributed by atoms with E-state index in [1.165, 1.54) is 13.8 Å². The molecule has 1 aliphatic heterocycles. The molecule has 1 amide bonds. The number of piperazine rings is 1. The van der Waals surface area contributed by atoms with Crippen molar-refractivity contribution in [1.82, 2.24) is 24.4 Å². The number of aromatic nitrogens is 4. The molecule has 1 fully saturated rings. The minimum atomic E-state index is -1.43. The maximum atomic E-state index is 12.9. The molecule has 0 aliphatic carbocycles. The van der Waals surface area contributed by atoms with Crippen molar-refractivity contribution < 1.29 is 9.90 Å². The Morgan fingerprint density at radius 2 is 1.84 bits per heavy atom. The maximum absolute atomic E-state index is 12.9. The van der Waals surface area contributed by atoms with Gasteiger partial charge >= 0.3 is 0 Å². The number of rotatable bonds is 4. The number of carbonyl (C=O) groups is 1. The van der Waals surface area contributed by atoms with E-state index in [9.17, 15) is 15.2 Å². The van der Waals surface area contributed by atoms with Crippen LogP contribution in [0.4, 0.5) is 5.82 Å². The van der Waals surface area contributed by atoms with E-state index in [1.807, 2.05) is 48.0 Å². The second-order valence-corrected chi connectivity index (χ2v) is 10.1. The molecule has 1 aromatic carbocycles. The normalized spacial score (nSPS) is 18.2. The minimum Gasteiger partial charge on any atom is -0.381 e. The summed E-state index contributed by atoms with van der Waals surface area (Å²) in [5.74, 6) is 1.09. The highest BCUT2D eigenvalue weighted by molar-refractivity contribution is 6.02. The zero-order chi connectivity index (χ0) is 26.3.